The molecule has 100 valence electrons. The predicted octanol–water partition coefficient (Wildman–Crippen LogP) is 2.68. The van der Waals surface area contributed by atoms with Gasteiger partial charge in [0.1, 0.15) is 0 Å². The van der Waals surface area contributed by atoms with Crippen LogP contribution in [-0.4, -0.2) is 22.8 Å². The summed E-state index contributed by atoms with van der Waals surface area (Å²) in [5.74, 6) is -2.00. The summed E-state index contributed by atoms with van der Waals surface area (Å²) in [7, 11) is 0. The number of halogens is 1. The zero-order valence-corrected chi connectivity index (χ0v) is 11.9. The van der Waals surface area contributed by atoms with Crippen LogP contribution < -0.4 is 0 Å². The smallest absolute Gasteiger partial charge is 0.330 e. The molecule has 3 rings (SSSR count). The van der Waals surface area contributed by atoms with Crippen molar-refractivity contribution in [3.63, 3.8) is 0 Å². The first-order chi connectivity index (χ1) is 9.50. The molecule has 0 N–H and O–H groups in total. The highest BCUT2D eigenvalue weighted by Gasteiger charge is 2.35. The zero-order chi connectivity index (χ0) is 14.4. The van der Waals surface area contributed by atoms with E-state index in [1.54, 1.807) is 24.3 Å². The molecular formula is C14H8BrNO4. The molecule has 0 saturated carbocycles. The van der Waals surface area contributed by atoms with Gasteiger partial charge in [-0.05, 0) is 23.6 Å². The van der Waals surface area contributed by atoms with Crippen LogP contribution >= 0.6 is 15.9 Å². The van der Waals surface area contributed by atoms with E-state index in [4.69, 9.17) is 4.84 Å². The van der Waals surface area contributed by atoms with E-state index in [2.05, 4.69) is 15.9 Å². The SMILES string of the molecule is CC(=O)ON1C(=O)c2cccc3c(Br)ccc(c23)C1=O. The second-order valence-electron chi connectivity index (χ2n) is 4.31. The van der Waals surface area contributed by atoms with Crippen LogP contribution in [0.3, 0.4) is 0 Å². The number of hydroxylamine groups is 2. The molecule has 0 fully saturated rings. The number of carbonyl (C=O) groups excluding carboxylic acids is 3. The van der Waals surface area contributed by atoms with E-state index in [0.717, 1.165) is 16.8 Å². The first-order valence-corrected chi connectivity index (χ1v) is 6.58. The normalized spacial score (nSPS) is 13.8. The Balaban J connectivity index is 2.31. The fraction of sp³-hybridized carbons (Fsp3) is 0.0714. The Hall–Kier alpha value is -2.21. The number of rotatable bonds is 1. The van der Waals surface area contributed by atoms with Crippen molar-refractivity contribution in [2.24, 2.45) is 0 Å². The second kappa shape index (κ2) is 4.42. The molecule has 2 aromatic carbocycles. The van der Waals surface area contributed by atoms with Crippen molar-refractivity contribution in [1.29, 1.82) is 0 Å². The maximum Gasteiger partial charge on any atom is 0.330 e. The summed E-state index contributed by atoms with van der Waals surface area (Å²) in [6.45, 7) is 1.14. The summed E-state index contributed by atoms with van der Waals surface area (Å²) in [6, 6.07) is 8.45. The average molecular weight is 334 g/mol. The first-order valence-electron chi connectivity index (χ1n) is 5.79. The van der Waals surface area contributed by atoms with Gasteiger partial charge in [0.05, 0.1) is 11.1 Å². The minimum Gasteiger partial charge on any atom is -0.330 e. The van der Waals surface area contributed by atoms with Gasteiger partial charge in [-0.15, -0.1) is 0 Å². The lowest BCUT2D eigenvalue weighted by molar-refractivity contribution is -0.166. The van der Waals surface area contributed by atoms with E-state index < -0.39 is 17.8 Å². The van der Waals surface area contributed by atoms with E-state index in [-0.39, 0.29) is 0 Å². The highest BCUT2D eigenvalue weighted by molar-refractivity contribution is 9.10. The van der Waals surface area contributed by atoms with Crippen LogP contribution in [0.25, 0.3) is 10.8 Å². The molecule has 0 aliphatic carbocycles. The Morgan fingerprint density at radius 3 is 2.40 bits per heavy atom. The van der Waals surface area contributed by atoms with Crippen molar-refractivity contribution in [2.75, 3.05) is 0 Å². The Bertz CT molecular complexity index is 762. The van der Waals surface area contributed by atoms with Crippen molar-refractivity contribution in [1.82, 2.24) is 5.06 Å². The minimum atomic E-state index is -0.723. The largest absolute Gasteiger partial charge is 0.330 e. The molecule has 2 amide bonds. The van der Waals surface area contributed by atoms with Crippen LogP contribution in [0.4, 0.5) is 0 Å². The average Bonchev–Trinajstić information content (AvgIpc) is 2.42. The van der Waals surface area contributed by atoms with E-state index in [0.29, 0.717) is 21.6 Å². The quantitative estimate of drug-likeness (QED) is 0.752. The molecule has 5 nitrogen and oxygen atoms in total. The topological polar surface area (TPSA) is 63.7 Å². The minimum absolute atomic E-state index is 0.333. The maximum atomic E-state index is 12.3. The Morgan fingerprint density at radius 2 is 1.75 bits per heavy atom. The summed E-state index contributed by atoms with van der Waals surface area (Å²) in [5.41, 5.74) is 0.666. The van der Waals surface area contributed by atoms with E-state index in [1.807, 2.05) is 6.07 Å². The molecule has 0 atom stereocenters. The fourth-order valence-electron chi connectivity index (χ4n) is 2.25. The summed E-state index contributed by atoms with van der Waals surface area (Å²) in [6.07, 6.45) is 0. The number of nitrogens with zero attached hydrogens (tertiary/aromatic N) is 1. The van der Waals surface area contributed by atoms with Gasteiger partial charge in [-0.2, -0.15) is 0 Å². The van der Waals surface area contributed by atoms with Crippen molar-refractivity contribution < 1.29 is 19.2 Å². The van der Waals surface area contributed by atoms with Crippen LogP contribution in [0.5, 0.6) is 0 Å². The monoisotopic (exact) mass is 333 g/mol. The van der Waals surface area contributed by atoms with Gasteiger partial charge in [0.15, 0.2) is 0 Å². The Morgan fingerprint density at radius 1 is 1.10 bits per heavy atom. The van der Waals surface area contributed by atoms with Crippen LogP contribution in [0.2, 0.25) is 0 Å². The number of benzene rings is 2. The summed E-state index contributed by atoms with van der Waals surface area (Å²) in [5, 5.41) is 1.84. The van der Waals surface area contributed by atoms with Crippen molar-refractivity contribution in [2.45, 2.75) is 6.92 Å². The Labute approximate surface area is 122 Å². The lowest BCUT2D eigenvalue weighted by Gasteiger charge is -2.25. The molecule has 20 heavy (non-hydrogen) atoms. The predicted molar refractivity (Wildman–Crippen MR) is 73.9 cm³/mol. The van der Waals surface area contributed by atoms with Gasteiger partial charge >= 0.3 is 5.97 Å². The molecule has 0 unspecified atom stereocenters. The molecule has 0 bridgehead atoms. The summed E-state index contributed by atoms with van der Waals surface area (Å²) < 4.78 is 0.791. The first kappa shape index (κ1) is 12.8. The van der Waals surface area contributed by atoms with Crippen molar-refractivity contribution in [3.8, 4) is 0 Å². The van der Waals surface area contributed by atoms with Gasteiger partial charge < -0.3 is 4.84 Å². The molecule has 6 heteroatoms. The maximum absolute atomic E-state index is 12.3. The van der Waals surface area contributed by atoms with Crippen LogP contribution in [0.1, 0.15) is 27.6 Å². The van der Waals surface area contributed by atoms with Crippen LogP contribution in [0, 0.1) is 0 Å². The second-order valence-corrected chi connectivity index (χ2v) is 5.16. The Kier molecular flexibility index (Phi) is 2.83. The lowest BCUT2D eigenvalue weighted by Crippen LogP contribution is -2.41. The third-order valence-corrected chi connectivity index (χ3v) is 3.73. The molecule has 0 saturated heterocycles. The highest BCUT2D eigenvalue weighted by Crippen LogP contribution is 2.34. The molecule has 0 spiro atoms. The zero-order valence-electron chi connectivity index (χ0n) is 10.3. The molecule has 1 aliphatic heterocycles. The van der Waals surface area contributed by atoms with Gasteiger partial charge in [-0.3, -0.25) is 9.59 Å². The third kappa shape index (κ3) is 1.72. The van der Waals surface area contributed by atoms with Crippen molar-refractivity contribution in [3.05, 3.63) is 45.9 Å². The number of imide groups is 1. The van der Waals surface area contributed by atoms with Gasteiger partial charge in [-0.25, -0.2) is 4.79 Å². The summed E-state index contributed by atoms with van der Waals surface area (Å²) in [4.78, 5) is 40.3. The van der Waals surface area contributed by atoms with Gasteiger partial charge in [0.25, 0.3) is 11.8 Å². The molecule has 2 aromatic rings. The summed E-state index contributed by atoms with van der Waals surface area (Å²) >= 11 is 3.39. The van der Waals surface area contributed by atoms with Gasteiger partial charge in [-0.1, -0.05) is 33.1 Å². The number of hydrogen-bond acceptors (Lipinski definition) is 4. The number of hydrogen-bond donors (Lipinski definition) is 0. The van der Waals surface area contributed by atoms with Crippen LogP contribution in [-0.2, 0) is 9.63 Å². The number of carbonyl (C=O) groups is 3. The molecule has 0 aromatic heterocycles. The van der Waals surface area contributed by atoms with E-state index in [9.17, 15) is 14.4 Å². The van der Waals surface area contributed by atoms with Crippen LogP contribution in [0.15, 0.2) is 34.8 Å². The fourth-order valence-corrected chi connectivity index (χ4v) is 2.71. The van der Waals surface area contributed by atoms with Gasteiger partial charge in [0, 0.05) is 16.8 Å². The van der Waals surface area contributed by atoms with Gasteiger partial charge in [0.2, 0.25) is 0 Å². The molecule has 1 aliphatic rings. The molecule has 0 radical (unpaired) electrons. The van der Waals surface area contributed by atoms with E-state index >= 15 is 0 Å². The lowest BCUT2D eigenvalue weighted by atomic mass is 9.95. The molecule has 1 heterocycles. The third-order valence-electron chi connectivity index (χ3n) is 3.04. The van der Waals surface area contributed by atoms with Crippen molar-refractivity contribution >= 4 is 44.5 Å². The standard InChI is InChI=1S/C14H8BrNO4/c1-7(17)20-16-13(18)9-4-2-3-8-11(15)6-5-10(12(8)9)14(16)19/h2-6H,1H3. The number of amides is 2. The molecular weight excluding hydrogens is 326 g/mol. The highest BCUT2D eigenvalue weighted by atomic mass is 79.9. The van der Waals surface area contributed by atoms with E-state index in [1.165, 1.54) is 0 Å².